The lowest BCUT2D eigenvalue weighted by atomic mass is 10.3. The van der Waals surface area contributed by atoms with E-state index in [0.717, 1.165) is 22.6 Å². The van der Waals surface area contributed by atoms with E-state index < -0.39 is 0 Å². The number of hydrogen-bond acceptors (Lipinski definition) is 3. The second-order valence-corrected chi connectivity index (χ2v) is 4.36. The van der Waals surface area contributed by atoms with E-state index in [9.17, 15) is 0 Å². The first-order valence-electron chi connectivity index (χ1n) is 5.38. The third-order valence-electron chi connectivity index (χ3n) is 2.16. The highest BCUT2D eigenvalue weighted by Gasteiger charge is 1.94. The van der Waals surface area contributed by atoms with Crippen molar-refractivity contribution < 1.29 is 4.74 Å². The molecule has 2 rings (SSSR count). The van der Waals surface area contributed by atoms with Crippen LogP contribution in [0.15, 0.2) is 53.1 Å². The normalized spacial score (nSPS) is 9.94. The SMILES string of the molecule is Brc1ccc(OCCNc2ccccn2)cc1. The molecule has 0 radical (unpaired) electrons. The molecule has 0 aliphatic rings. The first-order valence-corrected chi connectivity index (χ1v) is 6.17. The predicted octanol–water partition coefficient (Wildman–Crippen LogP) is 3.34. The van der Waals surface area contributed by atoms with Gasteiger partial charge in [0.25, 0.3) is 0 Å². The maximum atomic E-state index is 5.57. The van der Waals surface area contributed by atoms with Crippen molar-refractivity contribution in [2.75, 3.05) is 18.5 Å². The molecule has 1 N–H and O–H groups in total. The van der Waals surface area contributed by atoms with Crippen LogP contribution in [0.3, 0.4) is 0 Å². The number of benzene rings is 1. The lowest BCUT2D eigenvalue weighted by Crippen LogP contribution is -2.12. The van der Waals surface area contributed by atoms with Crippen molar-refractivity contribution in [3.05, 3.63) is 53.1 Å². The van der Waals surface area contributed by atoms with Crippen LogP contribution in [0.1, 0.15) is 0 Å². The fourth-order valence-electron chi connectivity index (χ4n) is 1.35. The minimum Gasteiger partial charge on any atom is -0.492 e. The van der Waals surface area contributed by atoms with Gasteiger partial charge in [-0.05, 0) is 36.4 Å². The highest BCUT2D eigenvalue weighted by molar-refractivity contribution is 9.10. The maximum Gasteiger partial charge on any atom is 0.125 e. The zero-order valence-electron chi connectivity index (χ0n) is 9.27. The Balaban J connectivity index is 1.71. The fourth-order valence-corrected chi connectivity index (χ4v) is 1.61. The first kappa shape index (κ1) is 11.9. The van der Waals surface area contributed by atoms with Crippen LogP contribution in [-0.2, 0) is 0 Å². The molecule has 0 amide bonds. The van der Waals surface area contributed by atoms with E-state index in [0.29, 0.717) is 6.61 Å². The molecule has 0 atom stereocenters. The lowest BCUT2D eigenvalue weighted by molar-refractivity contribution is 0.332. The molecule has 1 aromatic carbocycles. The van der Waals surface area contributed by atoms with Crippen LogP contribution in [-0.4, -0.2) is 18.1 Å². The Kier molecular flexibility index (Phi) is 4.38. The zero-order chi connectivity index (χ0) is 11.9. The lowest BCUT2D eigenvalue weighted by Gasteiger charge is -2.07. The van der Waals surface area contributed by atoms with E-state index in [-0.39, 0.29) is 0 Å². The van der Waals surface area contributed by atoms with Crippen molar-refractivity contribution >= 4 is 21.7 Å². The number of pyridine rings is 1. The summed E-state index contributed by atoms with van der Waals surface area (Å²) in [6.45, 7) is 1.34. The maximum absolute atomic E-state index is 5.57. The summed E-state index contributed by atoms with van der Waals surface area (Å²) in [6, 6.07) is 13.6. The molecule has 0 spiro atoms. The molecule has 3 nitrogen and oxygen atoms in total. The second-order valence-electron chi connectivity index (χ2n) is 3.44. The number of anilines is 1. The van der Waals surface area contributed by atoms with Gasteiger partial charge in [-0.3, -0.25) is 0 Å². The Morgan fingerprint density at radius 1 is 1.12 bits per heavy atom. The molecule has 0 aliphatic carbocycles. The van der Waals surface area contributed by atoms with Crippen molar-refractivity contribution in [2.45, 2.75) is 0 Å². The predicted molar refractivity (Wildman–Crippen MR) is 72.4 cm³/mol. The average Bonchev–Trinajstić information content (AvgIpc) is 2.38. The molecule has 4 heteroatoms. The second kappa shape index (κ2) is 6.25. The molecular formula is C13H13BrN2O. The van der Waals surface area contributed by atoms with Crippen LogP contribution in [0.4, 0.5) is 5.82 Å². The van der Waals surface area contributed by atoms with Crippen molar-refractivity contribution in [3.8, 4) is 5.75 Å². The van der Waals surface area contributed by atoms with Crippen LogP contribution in [0.5, 0.6) is 5.75 Å². The zero-order valence-corrected chi connectivity index (χ0v) is 10.9. The molecule has 0 saturated heterocycles. The van der Waals surface area contributed by atoms with Crippen molar-refractivity contribution in [2.24, 2.45) is 0 Å². The van der Waals surface area contributed by atoms with Crippen molar-refractivity contribution in [1.29, 1.82) is 0 Å². The number of nitrogens with one attached hydrogen (secondary N) is 1. The Morgan fingerprint density at radius 3 is 2.65 bits per heavy atom. The van der Waals surface area contributed by atoms with Crippen LogP contribution >= 0.6 is 15.9 Å². The minimum absolute atomic E-state index is 0.609. The number of hydrogen-bond donors (Lipinski definition) is 1. The van der Waals surface area contributed by atoms with Crippen LogP contribution in [0.2, 0.25) is 0 Å². The van der Waals surface area contributed by atoms with Gasteiger partial charge in [-0.1, -0.05) is 22.0 Å². The molecule has 1 heterocycles. The van der Waals surface area contributed by atoms with Crippen molar-refractivity contribution in [1.82, 2.24) is 4.98 Å². The molecule has 88 valence electrons. The topological polar surface area (TPSA) is 34.1 Å². The summed E-state index contributed by atoms with van der Waals surface area (Å²) < 4.78 is 6.62. The highest BCUT2D eigenvalue weighted by atomic mass is 79.9. The average molecular weight is 293 g/mol. The van der Waals surface area contributed by atoms with Gasteiger partial charge < -0.3 is 10.1 Å². The largest absolute Gasteiger partial charge is 0.492 e. The summed E-state index contributed by atoms with van der Waals surface area (Å²) >= 11 is 3.38. The fraction of sp³-hybridized carbons (Fsp3) is 0.154. The van der Waals surface area contributed by atoms with E-state index in [1.54, 1.807) is 6.20 Å². The quantitative estimate of drug-likeness (QED) is 0.859. The summed E-state index contributed by atoms with van der Waals surface area (Å²) in [5.74, 6) is 1.74. The summed E-state index contributed by atoms with van der Waals surface area (Å²) in [5.41, 5.74) is 0. The summed E-state index contributed by atoms with van der Waals surface area (Å²) in [6.07, 6.45) is 1.76. The van der Waals surface area contributed by atoms with E-state index in [1.807, 2.05) is 42.5 Å². The summed E-state index contributed by atoms with van der Waals surface area (Å²) in [4.78, 5) is 4.16. The van der Waals surface area contributed by atoms with Gasteiger partial charge in [-0.15, -0.1) is 0 Å². The van der Waals surface area contributed by atoms with Crippen LogP contribution in [0, 0.1) is 0 Å². The van der Waals surface area contributed by atoms with Gasteiger partial charge in [0.05, 0.1) is 6.54 Å². The third kappa shape index (κ3) is 4.07. The van der Waals surface area contributed by atoms with Gasteiger partial charge in [0.1, 0.15) is 18.2 Å². The van der Waals surface area contributed by atoms with E-state index >= 15 is 0 Å². The molecule has 2 aromatic rings. The van der Waals surface area contributed by atoms with Gasteiger partial charge in [-0.25, -0.2) is 4.98 Å². The van der Waals surface area contributed by atoms with E-state index in [4.69, 9.17) is 4.74 Å². The minimum atomic E-state index is 0.609. The smallest absolute Gasteiger partial charge is 0.125 e. The summed E-state index contributed by atoms with van der Waals surface area (Å²) in [5, 5.41) is 3.18. The number of nitrogens with zero attached hydrogens (tertiary/aromatic N) is 1. The molecule has 1 aromatic heterocycles. The number of aromatic nitrogens is 1. The third-order valence-corrected chi connectivity index (χ3v) is 2.68. The van der Waals surface area contributed by atoms with Crippen LogP contribution in [0.25, 0.3) is 0 Å². The highest BCUT2D eigenvalue weighted by Crippen LogP contribution is 2.15. The van der Waals surface area contributed by atoms with Gasteiger partial charge in [0, 0.05) is 10.7 Å². The van der Waals surface area contributed by atoms with Gasteiger partial charge in [-0.2, -0.15) is 0 Å². The van der Waals surface area contributed by atoms with Gasteiger partial charge in [0.15, 0.2) is 0 Å². The Labute approximate surface area is 109 Å². The van der Waals surface area contributed by atoms with Crippen LogP contribution < -0.4 is 10.1 Å². The van der Waals surface area contributed by atoms with E-state index in [1.165, 1.54) is 0 Å². The standard InChI is InChI=1S/C13H13BrN2O/c14-11-4-6-12(7-5-11)17-10-9-16-13-3-1-2-8-15-13/h1-8H,9-10H2,(H,15,16). The molecule has 0 saturated carbocycles. The number of rotatable bonds is 5. The molecule has 0 aliphatic heterocycles. The molecule has 0 unspecified atom stereocenters. The Morgan fingerprint density at radius 2 is 1.94 bits per heavy atom. The monoisotopic (exact) mass is 292 g/mol. The first-order chi connectivity index (χ1) is 8.34. The molecule has 17 heavy (non-hydrogen) atoms. The summed E-state index contributed by atoms with van der Waals surface area (Å²) in [7, 11) is 0. The number of ether oxygens (including phenoxy) is 1. The van der Waals surface area contributed by atoms with Gasteiger partial charge in [0.2, 0.25) is 0 Å². The van der Waals surface area contributed by atoms with Crippen molar-refractivity contribution in [3.63, 3.8) is 0 Å². The van der Waals surface area contributed by atoms with E-state index in [2.05, 4.69) is 26.2 Å². The van der Waals surface area contributed by atoms with Gasteiger partial charge >= 0.3 is 0 Å². The molecular weight excluding hydrogens is 280 g/mol. The molecule has 0 fully saturated rings. The Hall–Kier alpha value is -1.55. The Bertz CT molecular complexity index is 445. The molecule has 0 bridgehead atoms. The number of halogens is 1.